The molecule has 0 aromatic heterocycles. The van der Waals surface area contributed by atoms with Gasteiger partial charge in [-0.05, 0) is 52.9 Å². The van der Waals surface area contributed by atoms with Crippen LogP contribution in [0.1, 0.15) is 43.0 Å². The van der Waals surface area contributed by atoms with Gasteiger partial charge in [-0.3, -0.25) is 4.79 Å². The molecule has 0 radical (unpaired) electrons. The Balaban J connectivity index is 2.27. The van der Waals surface area contributed by atoms with Gasteiger partial charge in [-0.1, -0.05) is 31.4 Å². The van der Waals surface area contributed by atoms with E-state index in [0.29, 0.717) is 27.9 Å². The number of amides is 1. The quantitative estimate of drug-likeness (QED) is 0.844. The fraction of sp³-hybridized carbons (Fsp3) is 0.467. The Morgan fingerprint density at radius 2 is 2.19 bits per heavy atom. The van der Waals surface area contributed by atoms with E-state index in [1.165, 1.54) is 6.07 Å². The molecule has 0 aliphatic heterocycles. The van der Waals surface area contributed by atoms with Crippen molar-refractivity contribution in [3.05, 3.63) is 33.3 Å². The van der Waals surface area contributed by atoms with Crippen molar-refractivity contribution in [2.24, 2.45) is 5.92 Å². The van der Waals surface area contributed by atoms with Crippen molar-refractivity contribution >= 4 is 39.4 Å². The summed E-state index contributed by atoms with van der Waals surface area (Å²) in [6.45, 7) is 2.01. The molecule has 6 heteroatoms. The average Bonchev–Trinajstić information content (AvgIpc) is 2.41. The van der Waals surface area contributed by atoms with E-state index in [4.69, 9.17) is 11.6 Å². The minimum atomic E-state index is -1.18. The van der Waals surface area contributed by atoms with Gasteiger partial charge in [0.1, 0.15) is 5.54 Å². The first-order valence-electron chi connectivity index (χ1n) is 6.85. The van der Waals surface area contributed by atoms with Crippen LogP contribution in [-0.2, 0) is 4.79 Å². The van der Waals surface area contributed by atoms with Crippen molar-refractivity contribution in [1.82, 2.24) is 5.32 Å². The molecule has 0 spiro atoms. The molecular weight excluding hydrogens is 358 g/mol. The van der Waals surface area contributed by atoms with Crippen LogP contribution < -0.4 is 5.32 Å². The number of benzene rings is 1. The second kappa shape index (κ2) is 6.36. The van der Waals surface area contributed by atoms with Gasteiger partial charge in [0, 0.05) is 9.50 Å². The Kier molecular flexibility index (Phi) is 4.94. The van der Waals surface area contributed by atoms with Crippen LogP contribution in [0.5, 0.6) is 0 Å². The number of hydrogen-bond donors (Lipinski definition) is 2. The Morgan fingerprint density at radius 3 is 2.81 bits per heavy atom. The molecule has 114 valence electrons. The molecule has 1 aromatic rings. The normalized spacial score (nSPS) is 25.4. The molecule has 0 heterocycles. The van der Waals surface area contributed by atoms with Gasteiger partial charge < -0.3 is 10.4 Å². The predicted molar refractivity (Wildman–Crippen MR) is 84.6 cm³/mol. The topological polar surface area (TPSA) is 66.4 Å². The third kappa shape index (κ3) is 3.58. The van der Waals surface area contributed by atoms with Gasteiger partial charge in [0.15, 0.2) is 0 Å². The summed E-state index contributed by atoms with van der Waals surface area (Å²) in [5, 5.41) is 12.7. The van der Waals surface area contributed by atoms with Crippen molar-refractivity contribution in [1.29, 1.82) is 0 Å². The van der Waals surface area contributed by atoms with Crippen molar-refractivity contribution in [2.75, 3.05) is 0 Å². The number of carbonyl (C=O) groups is 2. The second-order valence-corrected chi connectivity index (χ2v) is 6.96. The molecule has 1 aromatic carbocycles. The highest BCUT2D eigenvalue weighted by Crippen LogP contribution is 2.33. The minimum Gasteiger partial charge on any atom is -0.480 e. The third-order valence-electron chi connectivity index (χ3n) is 3.93. The van der Waals surface area contributed by atoms with E-state index >= 15 is 0 Å². The maximum atomic E-state index is 12.4. The lowest BCUT2D eigenvalue weighted by molar-refractivity contribution is -0.146. The van der Waals surface area contributed by atoms with E-state index in [0.717, 1.165) is 12.8 Å². The molecule has 2 rings (SSSR count). The Bertz CT molecular complexity index is 578. The highest BCUT2D eigenvalue weighted by molar-refractivity contribution is 9.10. The Hall–Kier alpha value is -1.07. The first-order valence-corrected chi connectivity index (χ1v) is 8.02. The van der Waals surface area contributed by atoms with Gasteiger partial charge in [0.25, 0.3) is 5.91 Å². The maximum Gasteiger partial charge on any atom is 0.329 e. The van der Waals surface area contributed by atoms with Crippen molar-refractivity contribution in [2.45, 2.75) is 38.1 Å². The van der Waals surface area contributed by atoms with Crippen LogP contribution in [0.3, 0.4) is 0 Å². The Morgan fingerprint density at radius 1 is 1.48 bits per heavy atom. The fourth-order valence-electron chi connectivity index (χ4n) is 2.87. The molecule has 1 aliphatic rings. The first kappa shape index (κ1) is 16.3. The standard InChI is InChI=1S/C15H17BrClNO3/c1-9-3-2-6-15(8-9,14(20)21)18-13(19)11-7-10(17)4-5-12(11)16/h4-5,7,9H,2-3,6,8H2,1H3,(H,18,19)(H,20,21). The zero-order valence-corrected chi connectivity index (χ0v) is 14.0. The molecule has 2 unspecified atom stereocenters. The molecule has 4 nitrogen and oxygen atoms in total. The smallest absolute Gasteiger partial charge is 0.329 e. The predicted octanol–water partition coefficient (Wildman–Crippen LogP) is 3.87. The van der Waals surface area contributed by atoms with E-state index in [1.54, 1.807) is 12.1 Å². The second-order valence-electron chi connectivity index (χ2n) is 5.67. The first-order chi connectivity index (χ1) is 9.84. The van der Waals surface area contributed by atoms with Crippen LogP contribution in [0.15, 0.2) is 22.7 Å². The molecule has 1 aliphatic carbocycles. The van der Waals surface area contributed by atoms with Crippen LogP contribution in [0.4, 0.5) is 0 Å². The van der Waals surface area contributed by atoms with Gasteiger partial charge in [0.05, 0.1) is 5.56 Å². The highest BCUT2D eigenvalue weighted by atomic mass is 79.9. The van der Waals surface area contributed by atoms with E-state index in [9.17, 15) is 14.7 Å². The van der Waals surface area contributed by atoms with Crippen LogP contribution in [-0.4, -0.2) is 22.5 Å². The van der Waals surface area contributed by atoms with Crippen molar-refractivity contribution < 1.29 is 14.7 Å². The molecule has 1 amide bonds. The molecule has 1 saturated carbocycles. The summed E-state index contributed by atoms with van der Waals surface area (Å²) in [5.41, 5.74) is -0.836. The average molecular weight is 375 g/mol. The molecule has 1 fully saturated rings. The summed E-state index contributed by atoms with van der Waals surface area (Å²) in [4.78, 5) is 24.1. The summed E-state index contributed by atoms with van der Waals surface area (Å²) in [5.74, 6) is -1.11. The lowest BCUT2D eigenvalue weighted by atomic mass is 9.76. The zero-order chi connectivity index (χ0) is 15.6. The number of nitrogens with one attached hydrogen (secondary N) is 1. The summed E-state index contributed by atoms with van der Waals surface area (Å²) < 4.78 is 0.591. The summed E-state index contributed by atoms with van der Waals surface area (Å²) in [7, 11) is 0. The molecule has 2 N–H and O–H groups in total. The number of aliphatic carboxylic acids is 1. The van der Waals surface area contributed by atoms with Crippen LogP contribution in [0.2, 0.25) is 5.02 Å². The van der Waals surface area contributed by atoms with Gasteiger partial charge in [0.2, 0.25) is 0 Å². The lowest BCUT2D eigenvalue weighted by Gasteiger charge is -2.37. The van der Waals surface area contributed by atoms with Gasteiger partial charge in [-0.15, -0.1) is 0 Å². The lowest BCUT2D eigenvalue weighted by Crippen LogP contribution is -2.56. The number of hydrogen-bond acceptors (Lipinski definition) is 2. The molecular formula is C15H17BrClNO3. The largest absolute Gasteiger partial charge is 0.480 e. The van der Waals surface area contributed by atoms with Crippen LogP contribution in [0, 0.1) is 5.92 Å². The van der Waals surface area contributed by atoms with Gasteiger partial charge in [-0.25, -0.2) is 4.79 Å². The van der Waals surface area contributed by atoms with Crippen LogP contribution in [0.25, 0.3) is 0 Å². The fourth-order valence-corrected chi connectivity index (χ4v) is 3.47. The minimum absolute atomic E-state index is 0.276. The number of carbonyl (C=O) groups excluding carboxylic acids is 1. The van der Waals surface area contributed by atoms with Gasteiger partial charge >= 0.3 is 5.97 Å². The zero-order valence-electron chi connectivity index (χ0n) is 11.7. The molecule has 0 bridgehead atoms. The highest BCUT2D eigenvalue weighted by Gasteiger charge is 2.43. The number of halogens is 2. The van der Waals surface area contributed by atoms with E-state index < -0.39 is 17.4 Å². The monoisotopic (exact) mass is 373 g/mol. The van der Waals surface area contributed by atoms with Crippen molar-refractivity contribution in [3.63, 3.8) is 0 Å². The van der Waals surface area contributed by atoms with E-state index in [1.807, 2.05) is 6.92 Å². The Labute approximate surface area is 137 Å². The summed E-state index contributed by atoms with van der Waals surface area (Å²) >= 11 is 9.20. The van der Waals surface area contributed by atoms with Crippen LogP contribution >= 0.6 is 27.5 Å². The summed E-state index contributed by atoms with van der Waals surface area (Å²) in [6, 6.07) is 4.87. The van der Waals surface area contributed by atoms with E-state index in [2.05, 4.69) is 21.2 Å². The van der Waals surface area contributed by atoms with Crippen molar-refractivity contribution in [3.8, 4) is 0 Å². The third-order valence-corrected chi connectivity index (χ3v) is 4.86. The summed E-state index contributed by atoms with van der Waals surface area (Å²) in [6.07, 6.45) is 2.69. The molecule has 0 saturated heterocycles. The SMILES string of the molecule is CC1CCCC(NC(=O)c2cc(Cl)ccc2Br)(C(=O)O)C1. The number of carboxylic acid groups (broad SMARTS) is 1. The molecule has 21 heavy (non-hydrogen) atoms. The number of carboxylic acids is 1. The molecule has 2 atom stereocenters. The van der Waals surface area contributed by atoms with E-state index in [-0.39, 0.29) is 5.92 Å². The maximum absolute atomic E-state index is 12.4. The van der Waals surface area contributed by atoms with Gasteiger partial charge in [-0.2, -0.15) is 0 Å². The number of rotatable bonds is 3.